The van der Waals surface area contributed by atoms with Gasteiger partial charge in [-0.15, -0.1) is 0 Å². The van der Waals surface area contributed by atoms with Crippen LogP contribution in [0.25, 0.3) is 0 Å². The zero-order valence-electron chi connectivity index (χ0n) is 9.82. The molecule has 0 aromatic heterocycles. The Labute approximate surface area is 104 Å². The van der Waals surface area contributed by atoms with Crippen LogP contribution in [0.3, 0.4) is 0 Å². The van der Waals surface area contributed by atoms with Gasteiger partial charge in [-0.1, -0.05) is 6.07 Å². The topological polar surface area (TPSA) is 49.4 Å². The molecule has 90 valence electrons. The molecular weight excluding hydrogens is 236 g/mol. The van der Waals surface area contributed by atoms with Crippen LogP contribution in [0.1, 0.15) is 12.0 Å². The molecule has 1 heterocycles. The van der Waals surface area contributed by atoms with Gasteiger partial charge in [-0.05, 0) is 35.9 Å². The minimum atomic E-state index is -0.00435. The van der Waals surface area contributed by atoms with Crippen LogP contribution in [0.2, 0.25) is 0 Å². The van der Waals surface area contributed by atoms with Crippen molar-refractivity contribution in [3.05, 3.63) is 23.8 Å². The molecule has 2 rings (SSSR count). The van der Waals surface area contributed by atoms with Gasteiger partial charge in [0.1, 0.15) is 0 Å². The molecule has 0 aliphatic carbocycles. The molecule has 1 aromatic carbocycles. The van der Waals surface area contributed by atoms with E-state index in [0.29, 0.717) is 12.8 Å². The third-order valence-corrected chi connectivity index (χ3v) is 3.71. The molecule has 1 aliphatic heterocycles. The molecule has 0 atom stereocenters. The summed E-state index contributed by atoms with van der Waals surface area (Å²) in [5.41, 5.74) is 1.89. The highest BCUT2D eigenvalue weighted by Gasteiger charge is 2.19. The van der Waals surface area contributed by atoms with Gasteiger partial charge in [0.2, 0.25) is 5.91 Å². The molecule has 1 N–H and O–H groups in total. The van der Waals surface area contributed by atoms with Crippen molar-refractivity contribution in [3.63, 3.8) is 0 Å². The highest BCUT2D eigenvalue weighted by Crippen LogP contribution is 2.33. The molecule has 0 radical (unpaired) electrons. The molecule has 0 spiro atoms. The first kappa shape index (κ1) is 12.0. The van der Waals surface area contributed by atoms with Crippen LogP contribution in [-0.2, 0) is 11.2 Å². The third-order valence-electron chi connectivity index (χ3n) is 2.57. The summed E-state index contributed by atoms with van der Waals surface area (Å²) in [5.74, 6) is 0.0404. The number of carbonyl (C=O) groups is 2. The van der Waals surface area contributed by atoms with Crippen molar-refractivity contribution < 1.29 is 9.59 Å². The summed E-state index contributed by atoms with van der Waals surface area (Å²) in [6.45, 7) is 0. The van der Waals surface area contributed by atoms with E-state index in [4.69, 9.17) is 0 Å². The van der Waals surface area contributed by atoms with Crippen molar-refractivity contribution in [1.29, 1.82) is 0 Å². The summed E-state index contributed by atoms with van der Waals surface area (Å²) in [5, 5.41) is 2.82. The highest BCUT2D eigenvalue weighted by atomic mass is 32.2. The maximum absolute atomic E-state index is 11.7. The summed E-state index contributed by atoms with van der Waals surface area (Å²) in [6, 6.07) is 5.65. The van der Waals surface area contributed by atoms with Crippen molar-refractivity contribution in [2.45, 2.75) is 17.7 Å². The Morgan fingerprint density at radius 3 is 2.82 bits per heavy atom. The zero-order chi connectivity index (χ0) is 12.4. The Morgan fingerprint density at radius 1 is 1.35 bits per heavy atom. The van der Waals surface area contributed by atoms with Gasteiger partial charge in [0, 0.05) is 31.1 Å². The first-order chi connectivity index (χ1) is 8.08. The maximum Gasteiger partial charge on any atom is 0.285 e. The maximum atomic E-state index is 11.7. The van der Waals surface area contributed by atoms with Crippen molar-refractivity contribution in [3.8, 4) is 0 Å². The SMILES string of the molecule is CN(C)C(=O)Sc1cccc2c1CCC(=O)N2. The second-order valence-electron chi connectivity index (χ2n) is 4.09. The van der Waals surface area contributed by atoms with E-state index >= 15 is 0 Å². The number of thioether (sulfide) groups is 1. The van der Waals surface area contributed by atoms with Gasteiger partial charge in [0.15, 0.2) is 0 Å². The van der Waals surface area contributed by atoms with E-state index in [0.717, 1.165) is 16.1 Å². The van der Waals surface area contributed by atoms with Crippen molar-refractivity contribution in [2.75, 3.05) is 19.4 Å². The molecule has 0 fully saturated rings. The van der Waals surface area contributed by atoms with Gasteiger partial charge in [-0.3, -0.25) is 9.59 Å². The number of fused-ring (bicyclic) bond motifs is 1. The molecule has 0 bridgehead atoms. The number of amides is 2. The number of rotatable bonds is 1. The fourth-order valence-corrected chi connectivity index (χ4v) is 2.53. The van der Waals surface area contributed by atoms with Crippen LogP contribution >= 0.6 is 11.8 Å². The summed E-state index contributed by atoms with van der Waals surface area (Å²) >= 11 is 1.20. The van der Waals surface area contributed by atoms with Crippen LogP contribution in [0.4, 0.5) is 10.5 Å². The lowest BCUT2D eigenvalue weighted by molar-refractivity contribution is -0.116. The van der Waals surface area contributed by atoms with Crippen LogP contribution in [0, 0.1) is 0 Å². The van der Waals surface area contributed by atoms with E-state index in [1.165, 1.54) is 11.8 Å². The van der Waals surface area contributed by atoms with E-state index < -0.39 is 0 Å². The second kappa shape index (κ2) is 4.79. The summed E-state index contributed by atoms with van der Waals surface area (Å²) in [4.78, 5) is 25.4. The van der Waals surface area contributed by atoms with Gasteiger partial charge in [0.05, 0.1) is 0 Å². The predicted molar refractivity (Wildman–Crippen MR) is 68.3 cm³/mol. The monoisotopic (exact) mass is 250 g/mol. The quantitative estimate of drug-likeness (QED) is 0.778. The van der Waals surface area contributed by atoms with E-state index in [2.05, 4.69) is 5.32 Å². The Kier molecular flexibility index (Phi) is 3.38. The summed E-state index contributed by atoms with van der Waals surface area (Å²) in [7, 11) is 3.46. The second-order valence-corrected chi connectivity index (χ2v) is 5.09. The van der Waals surface area contributed by atoms with Crippen molar-refractivity contribution >= 4 is 28.6 Å². The molecule has 1 aromatic rings. The van der Waals surface area contributed by atoms with Crippen LogP contribution in [0.5, 0.6) is 0 Å². The number of anilines is 1. The largest absolute Gasteiger partial charge is 0.339 e. The predicted octanol–water partition coefficient (Wildman–Crippen LogP) is 2.34. The molecule has 0 saturated heterocycles. The number of hydrogen-bond donors (Lipinski definition) is 1. The van der Waals surface area contributed by atoms with Gasteiger partial charge in [-0.2, -0.15) is 0 Å². The van der Waals surface area contributed by atoms with Gasteiger partial charge in [0.25, 0.3) is 5.24 Å². The average Bonchev–Trinajstić information content (AvgIpc) is 2.28. The molecular formula is C12H14N2O2S. The molecule has 0 saturated carbocycles. The molecule has 17 heavy (non-hydrogen) atoms. The van der Waals surface area contributed by atoms with Crippen molar-refractivity contribution in [1.82, 2.24) is 4.90 Å². The number of nitrogens with zero attached hydrogens (tertiary/aromatic N) is 1. The van der Waals surface area contributed by atoms with Crippen LogP contribution in [0.15, 0.2) is 23.1 Å². The smallest absolute Gasteiger partial charge is 0.285 e. The Hall–Kier alpha value is -1.49. The minimum Gasteiger partial charge on any atom is -0.339 e. The number of carbonyl (C=O) groups excluding carboxylic acids is 2. The highest BCUT2D eigenvalue weighted by molar-refractivity contribution is 8.13. The normalized spacial score (nSPS) is 13.9. The molecule has 2 amide bonds. The Morgan fingerprint density at radius 2 is 2.12 bits per heavy atom. The zero-order valence-corrected chi connectivity index (χ0v) is 10.6. The number of hydrogen-bond acceptors (Lipinski definition) is 3. The minimum absolute atomic E-state index is 0.00435. The molecule has 1 aliphatic rings. The summed E-state index contributed by atoms with van der Waals surface area (Å²) in [6.07, 6.45) is 1.19. The van der Waals surface area contributed by atoms with Crippen LogP contribution < -0.4 is 5.32 Å². The van der Waals surface area contributed by atoms with Crippen LogP contribution in [-0.4, -0.2) is 30.1 Å². The van der Waals surface area contributed by atoms with Gasteiger partial charge in [-0.25, -0.2) is 0 Å². The van der Waals surface area contributed by atoms with Gasteiger partial charge >= 0.3 is 0 Å². The standard InChI is InChI=1S/C12H14N2O2S/c1-14(2)12(16)17-10-5-3-4-9-8(10)6-7-11(15)13-9/h3-5H,6-7H2,1-2H3,(H,13,15). The fraction of sp³-hybridized carbons (Fsp3) is 0.333. The lowest BCUT2D eigenvalue weighted by atomic mass is 10.0. The lowest BCUT2D eigenvalue weighted by Crippen LogP contribution is -2.20. The first-order valence-corrected chi connectivity index (χ1v) is 6.20. The fourth-order valence-electron chi connectivity index (χ4n) is 1.67. The van der Waals surface area contributed by atoms with Crippen molar-refractivity contribution in [2.24, 2.45) is 0 Å². The lowest BCUT2D eigenvalue weighted by Gasteiger charge is -2.20. The Balaban J connectivity index is 2.27. The van der Waals surface area contributed by atoms with E-state index in [-0.39, 0.29) is 11.1 Å². The average molecular weight is 250 g/mol. The first-order valence-electron chi connectivity index (χ1n) is 5.39. The van der Waals surface area contributed by atoms with E-state index in [9.17, 15) is 9.59 Å². The Bertz CT molecular complexity index is 472. The van der Waals surface area contributed by atoms with E-state index in [1.807, 2.05) is 18.2 Å². The molecule has 4 nitrogen and oxygen atoms in total. The number of nitrogens with one attached hydrogen (secondary N) is 1. The summed E-state index contributed by atoms with van der Waals surface area (Å²) < 4.78 is 0. The van der Waals surface area contributed by atoms with Gasteiger partial charge < -0.3 is 10.2 Å². The number of benzene rings is 1. The van der Waals surface area contributed by atoms with E-state index in [1.54, 1.807) is 19.0 Å². The molecule has 0 unspecified atom stereocenters. The third kappa shape index (κ3) is 2.61. The molecule has 5 heteroatoms.